The third-order valence-corrected chi connectivity index (χ3v) is 6.03. The number of methoxy groups -OCH3 is 1. The van der Waals surface area contributed by atoms with E-state index >= 15 is 0 Å². The lowest BCUT2D eigenvalue weighted by Crippen LogP contribution is -2.23. The van der Waals surface area contributed by atoms with Gasteiger partial charge in [-0.1, -0.05) is 6.07 Å². The Morgan fingerprint density at radius 1 is 1.06 bits per heavy atom. The number of aliphatic hydroxyl groups is 1. The molecule has 35 heavy (non-hydrogen) atoms. The summed E-state index contributed by atoms with van der Waals surface area (Å²) in [5.41, 5.74) is 11.7. The van der Waals surface area contributed by atoms with Gasteiger partial charge in [0.25, 0.3) is 0 Å². The first-order valence-electron chi connectivity index (χ1n) is 11.4. The van der Waals surface area contributed by atoms with Crippen LogP contribution in [0.1, 0.15) is 26.3 Å². The standard InChI is InChI=1S/C27H28N6O2/c1-27(2,3)33-24-8-6-17(18-12-19(16-34)25(28)29-15-18)13-22(24)31-26(33)21-14-20(35-4)7-9-23(21)32-11-5-10-30-32/h5-15,34H,16H2,1-4H3,(H2,28,29). The van der Waals surface area contributed by atoms with E-state index in [1.54, 1.807) is 19.5 Å². The van der Waals surface area contributed by atoms with Gasteiger partial charge in [-0.05, 0) is 68.8 Å². The number of hydrogen-bond acceptors (Lipinski definition) is 6. The van der Waals surface area contributed by atoms with Crippen molar-refractivity contribution in [2.75, 3.05) is 12.8 Å². The minimum atomic E-state index is -0.247. The second kappa shape index (κ2) is 8.56. The molecule has 2 aromatic carbocycles. The molecule has 3 N–H and O–H groups in total. The molecule has 3 aromatic heterocycles. The average Bonchev–Trinajstić information content (AvgIpc) is 3.51. The van der Waals surface area contributed by atoms with E-state index in [-0.39, 0.29) is 12.1 Å². The number of ether oxygens (including phenoxy) is 1. The van der Waals surface area contributed by atoms with E-state index in [1.165, 1.54) is 0 Å². The van der Waals surface area contributed by atoms with Gasteiger partial charge in [0.15, 0.2) is 0 Å². The molecule has 0 aliphatic heterocycles. The number of nitrogens with zero attached hydrogens (tertiary/aromatic N) is 5. The average molecular weight is 469 g/mol. The molecule has 8 heteroatoms. The number of rotatable bonds is 5. The Labute approximate surface area is 203 Å². The molecule has 0 aliphatic rings. The Bertz CT molecular complexity index is 1510. The number of nitrogen functional groups attached to an aromatic ring is 1. The van der Waals surface area contributed by atoms with Crippen molar-refractivity contribution in [1.82, 2.24) is 24.3 Å². The number of pyridine rings is 1. The van der Waals surface area contributed by atoms with Crippen molar-refractivity contribution in [3.05, 3.63) is 72.7 Å². The highest BCUT2D eigenvalue weighted by molar-refractivity contribution is 5.87. The van der Waals surface area contributed by atoms with Crippen LogP contribution >= 0.6 is 0 Å². The molecule has 0 fully saturated rings. The fourth-order valence-corrected chi connectivity index (χ4v) is 4.36. The Morgan fingerprint density at radius 2 is 1.89 bits per heavy atom. The monoisotopic (exact) mass is 468 g/mol. The van der Waals surface area contributed by atoms with Gasteiger partial charge in [0.05, 0.1) is 30.4 Å². The number of aromatic nitrogens is 5. The summed E-state index contributed by atoms with van der Waals surface area (Å²) in [5.74, 6) is 1.90. The SMILES string of the molecule is COc1ccc(-n2cccn2)c(-c2nc3cc(-c4cnc(N)c(CO)c4)ccc3n2C(C)(C)C)c1. The molecule has 0 amide bonds. The number of imidazole rings is 1. The highest BCUT2D eigenvalue weighted by Crippen LogP contribution is 2.37. The molecule has 5 aromatic rings. The van der Waals surface area contributed by atoms with Crippen molar-refractivity contribution in [2.24, 2.45) is 0 Å². The number of anilines is 1. The van der Waals surface area contributed by atoms with Gasteiger partial charge in [-0.2, -0.15) is 5.10 Å². The van der Waals surface area contributed by atoms with Crippen LogP contribution in [-0.2, 0) is 12.1 Å². The maximum Gasteiger partial charge on any atom is 0.143 e. The molecule has 0 bridgehead atoms. The molecule has 5 rings (SSSR count). The van der Waals surface area contributed by atoms with Gasteiger partial charge in [0.2, 0.25) is 0 Å². The Hall–Kier alpha value is -4.17. The van der Waals surface area contributed by atoms with Crippen LogP contribution in [0.25, 0.3) is 39.2 Å². The second-order valence-electron chi connectivity index (χ2n) is 9.41. The lowest BCUT2D eigenvalue weighted by atomic mass is 10.0. The van der Waals surface area contributed by atoms with Crippen molar-refractivity contribution in [2.45, 2.75) is 32.9 Å². The van der Waals surface area contributed by atoms with Gasteiger partial charge in [0, 0.05) is 40.8 Å². The van der Waals surface area contributed by atoms with Crippen LogP contribution in [0.4, 0.5) is 5.82 Å². The van der Waals surface area contributed by atoms with Crippen molar-refractivity contribution in [3.63, 3.8) is 0 Å². The molecule has 0 aliphatic carbocycles. The third kappa shape index (κ3) is 4.02. The van der Waals surface area contributed by atoms with Gasteiger partial charge in [0.1, 0.15) is 17.4 Å². The first-order valence-corrected chi connectivity index (χ1v) is 11.4. The van der Waals surface area contributed by atoms with E-state index < -0.39 is 0 Å². The van der Waals surface area contributed by atoms with Crippen LogP contribution in [0.15, 0.2) is 67.1 Å². The summed E-state index contributed by atoms with van der Waals surface area (Å²) in [5, 5.41) is 14.1. The summed E-state index contributed by atoms with van der Waals surface area (Å²) < 4.78 is 9.63. The highest BCUT2D eigenvalue weighted by Gasteiger charge is 2.25. The van der Waals surface area contributed by atoms with E-state index in [1.807, 2.05) is 53.3 Å². The zero-order valence-corrected chi connectivity index (χ0v) is 20.2. The zero-order chi connectivity index (χ0) is 24.7. The number of nitrogens with two attached hydrogens (primary N) is 1. The topological polar surface area (TPSA) is 104 Å². The summed E-state index contributed by atoms with van der Waals surface area (Å²) >= 11 is 0. The smallest absolute Gasteiger partial charge is 0.143 e. The van der Waals surface area contributed by atoms with E-state index in [4.69, 9.17) is 15.5 Å². The molecular formula is C27H28N6O2. The fourth-order valence-electron chi connectivity index (χ4n) is 4.36. The molecule has 0 saturated heterocycles. The number of fused-ring (bicyclic) bond motifs is 1. The zero-order valence-electron chi connectivity index (χ0n) is 20.2. The largest absolute Gasteiger partial charge is 0.497 e. The van der Waals surface area contributed by atoms with Crippen LogP contribution < -0.4 is 10.5 Å². The van der Waals surface area contributed by atoms with Crippen LogP contribution in [0.3, 0.4) is 0 Å². The minimum absolute atomic E-state index is 0.163. The highest BCUT2D eigenvalue weighted by atomic mass is 16.5. The molecule has 3 heterocycles. The van der Waals surface area contributed by atoms with E-state index in [2.05, 4.69) is 41.5 Å². The third-order valence-electron chi connectivity index (χ3n) is 6.03. The Kier molecular flexibility index (Phi) is 5.53. The molecular weight excluding hydrogens is 440 g/mol. The van der Waals surface area contributed by atoms with Crippen molar-refractivity contribution in [3.8, 4) is 34.0 Å². The van der Waals surface area contributed by atoms with Crippen LogP contribution in [-0.4, -0.2) is 36.5 Å². The number of benzene rings is 2. The van der Waals surface area contributed by atoms with Gasteiger partial charge < -0.3 is 20.1 Å². The molecule has 0 atom stereocenters. The summed E-state index contributed by atoms with van der Waals surface area (Å²) in [6.07, 6.45) is 5.39. The van der Waals surface area contributed by atoms with Gasteiger partial charge in [-0.25, -0.2) is 14.6 Å². The number of aliphatic hydroxyl groups excluding tert-OH is 1. The summed E-state index contributed by atoms with van der Waals surface area (Å²) in [6, 6.07) is 15.9. The normalized spacial score (nSPS) is 11.8. The lowest BCUT2D eigenvalue weighted by Gasteiger charge is -2.25. The van der Waals surface area contributed by atoms with E-state index in [0.29, 0.717) is 11.4 Å². The van der Waals surface area contributed by atoms with Crippen LogP contribution in [0, 0.1) is 0 Å². The van der Waals surface area contributed by atoms with Gasteiger partial charge >= 0.3 is 0 Å². The quantitative estimate of drug-likeness (QED) is 0.384. The summed E-state index contributed by atoms with van der Waals surface area (Å²) in [6.45, 7) is 6.33. The molecule has 178 valence electrons. The van der Waals surface area contributed by atoms with E-state index in [0.717, 1.165) is 45.0 Å². The second-order valence-corrected chi connectivity index (χ2v) is 9.41. The maximum absolute atomic E-state index is 9.61. The molecule has 0 spiro atoms. The van der Waals surface area contributed by atoms with Crippen LogP contribution in [0.5, 0.6) is 5.75 Å². The fraction of sp³-hybridized carbons (Fsp3) is 0.222. The van der Waals surface area contributed by atoms with Crippen molar-refractivity contribution < 1.29 is 9.84 Å². The maximum atomic E-state index is 9.61. The first kappa shape index (κ1) is 22.6. The Morgan fingerprint density at radius 3 is 2.57 bits per heavy atom. The van der Waals surface area contributed by atoms with Gasteiger partial charge in [-0.3, -0.25) is 0 Å². The number of hydrogen-bond donors (Lipinski definition) is 2. The lowest BCUT2D eigenvalue weighted by molar-refractivity contribution is 0.282. The van der Waals surface area contributed by atoms with Gasteiger partial charge in [-0.15, -0.1) is 0 Å². The molecule has 0 radical (unpaired) electrons. The van der Waals surface area contributed by atoms with E-state index in [9.17, 15) is 5.11 Å². The molecule has 0 unspecified atom stereocenters. The Balaban J connectivity index is 1.76. The summed E-state index contributed by atoms with van der Waals surface area (Å²) in [7, 11) is 1.66. The predicted octanol–water partition coefficient (Wildman–Crippen LogP) is 4.79. The van der Waals surface area contributed by atoms with Crippen molar-refractivity contribution >= 4 is 16.9 Å². The molecule has 8 nitrogen and oxygen atoms in total. The first-order chi connectivity index (χ1) is 16.8. The molecule has 0 saturated carbocycles. The van der Waals surface area contributed by atoms with Crippen LogP contribution in [0.2, 0.25) is 0 Å². The minimum Gasteiger partial charge on any atom is -0.497 e. The summed E-state index contributed by atoms with van der Waals surface area (Å²) in [4.78, 5) is 9.36. The van der Waals surface area contributed by atoms with Crippen molar-refractivity contribution in [1.29, 1.82) is 0 Å². The predicted molar refractivity (Wildman–Crippen MR) is 137 cm³/mol.